The number of hydrogen-bond donors (Lipinski definition) is 0. The second-order valence-electron chi connectivity index (χ2n) is 9.32. The molecule has 6 heteroatoms. The van der Waals surface area contributed by atoms with E-state index in [1.807, 2.05) is 23.3 Å². The van der Waals surface area contributed by atoms with E-state index in [0.717, 1.165) is 51.9 Å². The maximum Gasteiger partial charge on any atom is 0.232 e. The Balaban J connectivity index is 1.28. The van der Waals surface area contributed by atoms with Crippen LogP contribution in [0.1, 0.15) is 69.0 Å². The fraction of sp³-hybridized carbons (Fsp3) is 0.625. The zero-order valence-corrected chi connectivity index (χ0v) is 18.0. The Labute approximate surface area is 179 Å². The first kappa shape index (κ1) is 19.7. The summed E-state index contributed by atoms with van der Waals surface area (Å²) < 4.78 is 1.99. The summed E-state index contributed by atoms with van der Waals surface area (Å²) in [6, 6.07) is 4.85. The van der Waals surface area contributed by atoms with E-state index in [1.165, 1.54) is 30.4 Å². The lowest BCUT2D eigenvalue weighted by Gasteiger charge is -2.61. The predicted octanol–water partition coefficient (Wildman–Crippen LogP) is 3.80. The van der Waals surface area contributed by atoms with Crippen LogP contribution in [0.5, 0.6) is 0 Å². The SMILES string of the molecule is CCn1cc(CN2CCC(N3C(=O)C4(CCCCC4)C3c3ccncc3)CC2)cn1. The molecule has 6 nitrogen and oxygen atoms in total. The third-order valence-corrected chi connectivity index (χ3v) is 7.60. The Morgan fingerprint density at radius 3 is 2.50 bits per heavy atom. The molecule has 0 N–H and O–H groups in total. The zero-order chi connectivity index (χ0) is 20.6. The van der Waals surface area contributed by atoms with Gasteiger partial charge in [-0.15, -0.1) is 0 Å². The molecule has 4 heterocycles. The van der Waals surface area contributed by atoms with Gasteiger partial charge in [0, 0.05) is 56.4 Å². The number of aryl methyl sites for hydroxylation is 1. The maximum absolute atomic E-state index is 13.5. The van der Waals surface area contributed by atoms with Crippen LogP contribution in [0.15, 0.2) is 36.9 Å². The Hall–Kier alpha value is -2.21. The largest absolute Gasteiger partial charge is 0.331 e. The second-order valence-corrected chi connectivity index (χ2v) is 9.32. The van der Waals surface area contributed by atoms with E-state index in [4.69, 9.17) is 0 Å². The van der Waals surface area contributed by atoms with Crippen LogP contribution in [0.3, 0.4) is 0 Å². The smallest absolute Gasteiger partial charge is 0.232 e. The summed E-state index contributed by atoms with van der Waals surface area (Å²) in [7, 11) is 0. The number of aromatic nitrogens is 3. The van der Waals surface area contributed by atoms with Crippen LogP contribution in [-0.4, -0.2) is 49.6 Å². The molecular formula is C24H33N5O. The summed E-state index contributed by atoms with van der Waals surface area (Å²) >= 11 is 0. The average Bonchev–Trinajstić information content (AvgIpc) is 3.26. The molecule has 1 atom stereocenters. The third-order valence-electron chi connectivity index (χ3n) is 7.60. The van der Waals surface area contributed by atoms with Crippen molar-refractivity contribution >= 4 is 5.91 Å². The summed E-state index contributed by atoms with van der Waals surface area (Å²) in [5, 5.41) is 4.40. The fourth-order valence-electron chi connectivity index (χ4n) is 6.04. The van der Waals surface area contributed by atoms with Crippen LogP contribution in [0.4, 0.5) is 0 Å². The van der Waals surface area contributed by atoms with Crippen molar-refractivity contribution in [2.45, 2.75) is 77.0 Å². The van der Waals surface area contributed by atoms with Gasteiger partial charge in [-0.25, -0.2) is 0 Å². The highest BCUT2D eigenvalue weighted by Crippen LogP contribution is 2.59. The minimum atomic E-state index is -0.147. The van der Waals surface area contributed by atoms with E-state index in [0.29, 0.717) is 11.9 Å². The molecule has 0 aromatic carbocycles. The zero-order valence-electron chi connectivity index (χ0n) is 18.0. The van der Waals surface area contributed by atoms with E-state index in [1.54, 1.807) is 0 Å². The Morgan fingerprint density at radius 1 is 1.10 bits per heavy atom. The molecule has 1 saturated carbocycles. The molecule has 1 amide bonds. The van der Waals surface area contributed by atoms with Crippen molar-refractivity contribution in [2.24, 2.45) is 5.41 Å². The lowest BCUT2D eigenvalue weighted by molar-refractivity contribution is -0.186. The monoisotopic (exact) mass is 407 g/mol. The first-order chi connectivity index (χ1) is 14.7. The third kappa shape index (κ3) is 3.35. The molecule has 1 aliphatic carbocycles. The summed E-state index contributed by atoms with van der Waals surface area (Å²) in [6.07, 6.45) is 15.8. The van der Waals surface area contributed by atoms with Crippen LogP contribution in [-0.2, 0) is 17.9 Å². The predicted molar refractivity (Wildman–Crippen MR) is 116 cm³/mol. The number of rotatable bonds is 5. The first-order valence-electron chi connectivity index (χ1n) is 11.7. The molecule has 3 fully saturated rings. The molecule has 0 radical (unpaired) electrons. The maximum atomic E-state index is 13.5. The summed E-state index contributed by atoms with van der Waals surface area (Å²) in [5.41, 5.74) is 2.41. The lowest BCUT2D eigenvalue weighted by atomic mass is 9.59. The normalized spacial score (nSPS) is 24.9. The highest BCUT2D eigenvalue weighted by atomic mass is 16.2. The molecule has 0 bridgehead atoms. The summed E-state index contributed by atoms with van der Waals surface area (Å²) in [4.78, 5) is 22.5. The van der Waals surface area contributed by atoms with Gasteiger partial charge in [0.25, 0.3) is 0 Å². The van der Waals surface area contributed by atoms with Crippen molar-refractivity contribution in [1.29, 1.82) is 0 Å². The van der Waals surface area contributed by atoms with E-state index in [2.05, 4.69) is 45.1 Å². The Morgan fingerprint density at radius 2 is 1.83 bits per heavy atom. The number of β-lactam (4-membered cyclic amide) rings is 1. The first-order valence-corrected chi connectivity index (χ1v) is 11.7. The van der Waals surface area contributed by atoms with Crippen molar-refractivity contribution in [2.75, 3.05) is 13.1 Å². The number of carbonyl (C=O) groups excluding carboxylic acids is 1. The van der Waals surface area contributed by atoms with Crippen molar-refractivity contribution in [3.05, 3.63) is 48.0 Å². The van der Waals surface area contributed by atoms with Crippen LogP contribution in [0, 0.1) is 5.41 Å². The van der Waals surface area contributed by atoms with E-state index in [9.17, 15) is 4.79 Å². The summed E-state index contributed by atoms with van der Waals surface area (Å²) in [5.74, 6) is 0.423. The molecule has 1 spiro atoms. The molecule has 5 rings (SSSR count). The molecule has 2 aromatic heterocycles. The number of amides is 1. The standard InChI is InChI=1S/C24H33N5O/c1-2-28-18-19(16-26-28)17-27-14-8-21(9-15-27)29-22(20-6-12-25-13-7-20)24(23(29)30)10-4-3-5-11-24/h6-7,12-13,16,18,21-22H,2-5,8-11,14-15,17H2,1H3. The topological polar surface area (TPSA) is 54.3 Å². The van der Waals surface area contributed by atoms with Crippen LogP contribution in [0.2, 0.25) is 0 Å². The average molecular weight is 408 g/mol. The highest BCUT2D eigenvalue weighted by molar-refractivity contribution is 5.91. The van der Waals surface area contributed by atoms with Gasteiger partial charge < -0.3 is 4.90 Å². The number of nitrogens with zero attached hydrogens (tertiary/aromatic N) is 5. The van der Waals surface area contributed by atoms with E-state index < -0.39 is 0 Å². The van der Waals surface area contributed by atoms with Crippen molar-refractivity contribution < 1.29 is 4.79 Å². The van der Waals surface area contributed by atoms with Crippen molar-refractivity contribution in [1.82, 2.24) is 24.6 Å². The number of hydrogen-bond acceptors (Lipinski definition) is 4. The molecule has 160 valence electrons. The van der Waals surface area contributed by atoms with Gasteiger partial charge in [0.1, 0.15) is 0 Å². The van der Waals surface area contributed by atoms with Gasteiger partial charge in [-0.2, -0.15) is 5.10 Å². The highest BCUT2D eigenvalue weighted by Gasteiger charge is 2.62. The molecule has 1 unspecified atom stereocenters. The van der Waals surface area contributed by atoms with Crippen LogP contribution < -0.4 is 0 Å². The number of carbonyl (C=O) groups is 1. The molecule has 3 aliphatic rings. The number of pyridine rings is 1. The minimum Gasteiger partial charge on any atom is -0.331 e. The van der Waals surface area contributed by atoms with Gasteiger partial charge in [0.15, 0.2) is 0 Å². The quantitative estimate of drug-likeness (QED) is 0.708. The van der Waals surface area contributed by atoms with Crippen molar-refractivity contribution in [3.63, 3.8) is 0 Å². The van der Waals surface area contributed by atoms with Gasteiger partial charge in [0.05, 0.1) is 17.7 Å². The van der Waals surface area contributed by atoms with Crippen LogP contribution >= 0.6 is 0 Å². The van der Waals surface area contributed by atoms with E-state index >= 15 is 0 Å². The lowest BCUT2D eigenvalue weighted by Crippen LogP contribution is -2.67. The van der Waals surface area contributed by atoms with Gasteiger partial charge in [-0.1, -0.05) is 19.3 Å². The molecule has 30 heavy (non-hydrogen) atoms. The van der Waals surface area contributed by atoms with E-state index in [-0.39, 0.29) is 11.5 Å². The second kappa shape index (κ2) is 8.14. The Kier molecular flexibility index (Phi) is 5.35. The van der Waals surface area contributed by atoms with Crippen LogP contribution in [0.25, 0.3) is 0 Å². The van der Waals surface area contributed by atoms with Gasteiger partial charge >= 0.3 is 0 Å². The molecule has 2 saturated heterocycles. The molecule has 2 aliphatic heterocycles. The van der Waals surface area contributed by atoms with Crippen molar-refractivity contribution in [3.8, 4) is 0 Å². The molecule has 2 aromatic rings. The number of likely N-dealkylation sites (tertiary alicyclic amines) is 2. The minimum absolute atomic E-state index is 0.147. The van der Waals surface area contributed by atoms with Gasteiger partial charge in [-0.05, 0) is 50.3 Å². The Bertz CT molecular complexity index is 865. The number of piperidine rings is 1. The molecular weight excluding hydrogens is 374 g/mol. The fourth-order valence-corrected chi connectivity index (χ4v) is 6.04. The summed E-state index contributed by atoms with van der Waals surface area (Å²) in [6.45, 7) is 6.07. The van der Waals surface area contributed by atoms with Gasteiger partial charge in [0.2, 0.25) is 5.91 Å². The van der Waals surface area contributed by atoms with Gasteiger partial charge in [-0.3, -0.25) is 19.4 Å².